The highest BCUT2D eigenvalue weighted by molar-refractivity contribution is 5.30. The zero-order valence-corrected chi connectivity index (χ0v) is 9.18. The van der Waals surface area contributed by atoms with E-state index in [4.69, 9.17) is 9.47 Å². The smallest absolute Gasteiger partial charge is 0.293 e. The second-order valence-electron chi connectivity index (χ2n) is 3.64. The van der Waals surface area contributed by atoms with Gasteiger partial charge in [0.2, 0.25) is 0 Å². The van der Waals surface area contributed by atoms with Crippen molar-refractivity contribution in [3.63, 3.8) is 0 Å². The highest BCUT2D eigenvalue weighted by atomic mass is 16.6. The van der Waals surface area contributed by atoms with Crippen molar-refractivity contribution < 1.29 is 9.47 Å². The Labute approximate surface area is 93.2 Å². The molecular weight excluding hydrogens is 210 g/mol. The third-order valence-corrected chi connectivity index (χ3v) is 2.40. The summed E-state index contributed by atoms with van der Waals surface area (Å²) in [6.07, 6.45) is 3.19. The van der Waals surface area contributed by atoms with E-state index in [1.165, 1.54) is 4.57 Å². The molecule has 88 valence electrons. The van der Waals surface area contributed by atoms with Gasteiger partial charge in [0, 0.05) is 26.0 Å². The number of ether oxygens (including phenoxy) is 2. The van der Waals surface area contributed by atoms with Crippen molar-refractivity contribution in [2.75, 3.05) is 31.7 Å². The van der Waals surface area contributed by atoms with E-state index in [0.29, 0.717) is 32.2 Å². The van der Waals surface area contributed by atoms with E-state index in [9.17, 15) is 4.79 Å². The van der Waals surface area contributed by atoms with E-state index < -0.39 is 0 Å². The molecular formula is C10H15N3O3. The van der Waals surface area contributed by atoms with Gasteiger partial charge in [0.15, 0.2) is 5.82 Å². The van der Waals surface area contributed by atoms with Crippen LogP contribution in [-0.4, -0.2) is 42.0 Å². The summed E-state index contributed by atoms with van der Waals surface area (Å²) < 4.78 is 12.2. The van der Waals surface area contributed by atoms with Gasteiger partial charge in [-0.3, -0.25) is 4.79 Å². The number of anilines is 1. The number of nitrogens with one attached hydrogen (secondary N) is 1. The topological polar surface area (TPSA) is 65.4 Å². The highest BCUT2D eigenvalue weighted by Crippen LogP contribution is 2.01. The van der Waals surface area contributed by atoms with Gasteiger partial charge in [-0.25, -0.2) is 4.98 Å². The van der Waals surface area contributed by atoms with Crippen LogP contribution in [0.5, 0.6) is 0 Å². The van der Waals surface area contributed by atoms with Gasteiger partial charge in [0.25, 0.3) is 5.56 Å². The van der Waals surface area contributed by atoms with Crippen LogP contribution in [-0.2, 0) is 16.5 Å². The maximum atomic E-state index is 11.6. The Kier molecular flexibility index (Phi) is 3.53. The van der Waals surface area contributed by atoms with E-state index in [1.54, 1.807) is 19.4 Å². The molecule has 0 radical (unpaired) electrons. The molecule has 0 aliphatic carbocycles. The second kappa shape index (κ2) is 5.09. The Morgan fingerprint density at radius 3 is 3.25 bits per heavy atom. The summed E-state index contributed by atoms with van der Waals surface area (Å²) in [7, 11) is 1.69. The summed E-state index contributed by atoms with van der Waals surface area (Å²) in [4.78, 5) is 15.6. The lowest BCUT2D eigenvalue weighted by molar-refractivity contribution is -0.0819. The number of aryl methyl sites for hydroxylation is 1. The van der Waals surface area contributed by atoms with E-state index in [2.05, 4.69) is 10.3 Å². The Morgan fingerprint density at radius 1 is 1.62 bits per heavy atom. The fourth-order valence-corrected chi connectivity index (χ4v) is 1.48. The van der Waals surface area contributed by atoms with Crippen LogP contribution in [0.4, 0.5) is 5.82 Å². The molecule has 2 rings (SSSR count). The minimum absolute atomic E-state index is 0.0135. The first-order valence-electron chi connectivity index (χ1n) is 5.22. The second-order valence-corrected chi connectivity index (χ2v) is 3.64. The van der Waals surface area contributed by atoms with Gasteiger partial charge in [-0.05, 0) is 0 Å². The molecule has 1 aromatic rings. The molecule has 0 saturated carbocycles. The molecule has 2 heterocycles. The van der Waals surface area contributed by atoms with Crippen LogP contribution in [0.2, 0.25) is 0 Å². The fraction of sp³-hybridized carbons (Fsp3) is 0.600. The standard InChI is InChI=1S/C10H15N3O3/c1-13-3-2-11-9(10(13)14)12-6-8-7-15-4-5-16-8/h2-3,8H,4-7H2,1H3,(H,11,12). The first kappa shape index (κ1) is 11.1. The average Bonchev–Trinajstić information content (AvgIpc) is 2.32. The molecule has 1 atom stereocenters. The van der Waals surface area contributed by atoms with E-state index in [1.807, 2.05) is 0 Å². The quantitative estimate of drug-likeness (QED) is 0.758. The zero-order chi connectivity index (χ0) is 11.4. The Balaban J connectivity index is 1.94. The molecule has 1 aliphatic rings. The molecule has 1 saturated heterocycles. The van der Waals surface area contributed by atoms with Crippen LogP contribution >= 0.6 is 0 Å². The normalized spacial score (nSPS) is 20.7. The largest absolute Gasteiger partial charge is 0.376 e. The molecule has 0 bridgehead atoms. The van der Waals surface area contributed by atoms with Crippen molar-refractivity contribution in [3.05, 3.63) is 22.7 Å². The van der Waals surface area contributed by atoms with Crippen LogP contribution in [0.3, 0.4) is 0 Å². The summed E-state index contributed by atoms with van der Waals surface area (Å²) in [5, 5.41) is 2.97. The molecule has 1 fully saturated rings. The van der Waals surface area contributed by atoms with Crippen molar-refractivity contribution in [2.45, 2.75) is 6.10 Å². The minimum Gasteiger partial charge on any atom is -0.376 e. The predicted octanol–water partition coefficient (Wildman–Crippen LogP) is -0.392. The fourth-order valence-electron chi connectivity index (χ4n) is 1.48. The molecule has 0 amide bonds. The summed E-state index contributed by atoms with van der Waals surface area (Å²) in [5.74, 6) is 0.346. The van der Waals surface area contributed by atoms with Crippen molar-refractivity contribution in [3.8, 4) is 0 Å². The van der Waals surface area contributed by atoms with Gasteiger partial charge in [0.05, 0.1) is 25.9 Å². The molecule has 0 aromatic carbocycles. The summed E-state index contributed by atoms with van der Waals surface area (Å²) in [6, 6.07) is 0. The number of nitrogens with zero attached hydrogens (tertiary/aromatic N) is 2. The SMILES string of the molecule is Cn1ccnc(NCC2COCCO2)c1=O. The molecule has 1 N–H and O–H groups in total. The first-order valence-corrected chi connectivity index (χ1v) is 5.22. The van der Waals surface area contributed by atoms with E-state index >= 15 is 0 Å². The third-order valence-electron chi connectivity index (χ3n) is 2.40. The van der Waals surface area contributed by atoms with Crippen molar-refractivity contribution in [2.24, 2.45) is 7.05 Å². The van der Waals surface area contributed by atoms with Crippen LogP contribution in [0, 0.1) is 0 Å². The lowest BCUT2D eigenvalue weighted by Gasteiger charge is -2.23. The Hall–Kier alpha value is -1.40. The maximum Gasteiger partial charge on any atom is 0.293 e. The number of hydrogen-bond donors (Lipinski definition) is 1. The lowest BCUT2D eigenvalue weighted by atomic mass is 10.3. The number of hydrogen-bond acceptors (Lipinski definition) is 5. The average molecular weight is 225 g/mol. The van der Waals surface area contributed by atoms with Gasteiger partial charge >= 0.3 is 0 Å². The molecule has 0 spiro atoms. The monoisotopic (exact) mass is 225 g/mol. The van der Waals surface area contributed by atoms with Crippen molar-refractivity contribution in [1.29, 1.82) is 0 Å². The van der Waals surface area contributed by atoms with Crippen LogP contribution < -0.4 is 10.9 Å². The zero-order valence-electron chi connectivity index (χ0n) is 9.18. The third kappa shape index (κ3) is 2.59. The van der Waals surface area contributed by atoms with Gasteiger partial charge in [-0.15, -0.1) is 0 Å². The van der Waals surface area contributed by atoms with Crippen molar-refractivity contribution in [1.82, 2.24) is 9.55 Å². The van der Waals surface area contributed by atoms with Crippen molar-refractivity contribution >= 4 is 5.82 Å². The number of aromatic nitrogens is 2. The van der Waals surface area contributed by atoms with Gasteiger partial charge in [0.1, 0.15) is 0 Å². The van der Waals surface area contributed by atoms with Gasteiger partial charge in [-0.2, -0.15) is 0 Å². The van der Waals surface area contributed by atoms with Gasteiger partial charge < -0.3 is 19.4 Å². The lowest BCUT2D eigenvalue weighted by Crippen LogP contribution is -2.35. The molecule has 6 heteroatoms. The summed E-state index contributed by atoms with van der Waals surface area (Å²) in [6.45, 7) is 2.33. The molecule has 1 unspecified atom stereocenters. The van der Waals surface area contributed by atoms with Crippen LogP contribution in [0.15, 0.2) is 17.2 Å². The van der Waals surface area contributed by atoms with E-state index in [0.717, 1.165) is 0 Å². The number of rotatable bonds is 3. The molecule has 1 aliphatic heterocycles. The van der Waals surface area contributed by atoms with E-state index in [-0.39, 0.29) is 11.7 Å². The molecule has 6 nitrogen and oxygen atoms in total. The summed E-state index contributed by atoms with van der Waals surface area (Å²) in [5.41, 5.74) is -0.140. The van der Waals surface area contributed by atoms with Crippen LogP contribution in [0.25, 0.3) is 0 Å². The minimum atomic E-state index is -0.140. The molecule has 16 heavy (non-hydrogen) atoms. The highest BCUT2D eigenvalue weighted by Gasteiger charge is 2.14. The van der Waals surface area contributed by atoms with Gasteiger partial charge in [-0.1, -0.05) is 0 Å². The van der Waals surface area contributed by atoms with Crippen LogP contribution in [0.1, 0.15) is 0 Å². The first-order chi connectivity index (χ1) is 7.77. The summed E-state index contributed by atoms with van der Waals surface area (Å²) >= 11 is 0. The molecule has 1 aromatic heterocycles. The predicted molar refractivity (Wildman–Crippen MR) is 58.5 cm³/mol. The maximum absolute atomic E-state index is 11.6. The Bertz CT molecular complexity index is 399. The Morgan fingerprint density at radius 2 is 2.50 bits per heavy atom.